The maximum Gasteiger partial charge on any atom is 0.295 e. The van der Waals surface area contributed by atoms with Crippen molar-refractivity contribution in [2.45, 2.75) is 26.8 Å². The van der Waals surface area contributed by atoms with Crippen molar-refractivity contribution in [3.05, 3.63) is 68.7 Å². The van der Waals surface area contributed by atoms with E-state index in [0.717, 1.165) is 23.1 Å². The minimum atomic E-state index is -0.706. The summed E-state index contributed by atoms with van der Waals surface area (Å²) in [5.41, 5.74) is 1.14. The SMILES string of the molecule is CCOc1ccc(C(O)=C2C(=O)C(=O)N(CCN(CC)CC)C2c2cccc(Br)c2)cc1Cl. The number of halogens is 2. The highest BCUT2D eigenvalue weighted by molar-refractivity contribution is 9.10. The lowest BCUT2D eigenvalue weighted by Crippen LogP contribution is -2.38. The van der Waals surface area contributed by atoms with Crippen LogP contribution in [0, 0.1) is 0 Å². The molecule has 0 aliphatic carbocycles. The van der Waals surface area contributed by atoms with Gasteiger partial charge in [0.2, 0.25) is 0 Å². The van der Waals surface area contributed by atoms with Gasteiger partial charge in [0.15, 0.2) is 0 Å². The number of aliphatic hydroxyl groups excluding tert-OH is 1. The van der Waals surface area contributed by atoms with Crippen LogP contribution in [-0.4, -0.2) is 59.4 Å². The van der Waals surface area contributed by atoms with E-state index in [2.05, 4.69) is 34.7 Å². The second kappa shape index (κ2) is 11.2. The van der Waals surface area contributed by atoms with Crippen LogP contribution in [0.25, 0.3) is 5.76 Å². The summed E-state index contributed by atoms with van der Waals surface area (Å²) in [5, 5.41) is 11.5. The molecule has 0 saturated carbocycles. The number of amides is 1. The summed E-state index contributed by atoms with van der Waals surface area (Å²) in [6.45, 7) is 9.08. The minimum Gasteiger partial charge on any atom is -0.507 e. The van der Waals surface area contributed by atoms with Gasteiger partial charge in [0, 0.05) is 23.1 Å². The largest absolute Gasteiger partial charge is 0.507 e. The van der Waals surface area contributed by atoms with E-state index < -0.39 is 17.7 Å². The zero-order valence-electron chi connectivity index (χ0n) is 19.0. The lowest BCUT2D eigenvalue weighted by atomic mass is 9.95. The molecule has 0 bridgehead atoms. The summed E-state index contributed by atoms with van der Waals surface area (Å²) in [7, 11) is 0. The van der Waals surface area contributed by atoms with E-state index >= 15 is 0 Å². The zero-order valence-corrected chi connectivity index (χ0v) is 21.3. The molecule has 0 spiro atoms. The standard InChI is InChI=1S/C25H28BrClN2O4/c1-4-28(5-2)12-13-29-22(16-8-7-9-18(26)14-16)21(24(31)25(29)32)23(30)17-10-11-20(33-6-3)19(27)15-17/h7-11,14-15,22,30H,4-6,12-13H2,1-3H3. The second-order valence-electron chi connectivity index (χ2n) is 7.65. The van der Waals surface area contributed by atoms with E-state index in [9.17, 15) is 14.7 Å². The molecule has 1 aliphatic rings. The van der Waals surface area contributed by atoms with Crippen molar-refractivity contribution in [2.24, 2.45) is 0 Å². The summed E-state index contributed by atoms with van der Waals surface area (Å²) < 4.78 is 6.28. The van der Waals surface area contributed by atoms with Gasteiger partial charge >= 0.3 is 0 Å². The zero-order chi connectivity index (χ0) is 24.1. The molecule has 3 rings (SSSR count). The molecule has 1 fully saturated rings. The molecule has 1 amide bonds. The highest BCUT2D eigenvalue weighted by Gasteiger charge is 2.46. The van der Waals surface area contributed by atoms with Crippen molar-refractivity contribution in [2.75, 3.05) is 32.8 Å². The van der Waals surface area contributed by atoms with Gasteiger partial charge < -0.3 is 19.6 Å². The van der Waals surface area contributed by atoms with Gasteiger partial charge in [-0.05, 0) is 55.9 Å². The van der Waals surface area contributed by atoms with Gasteiger partial charge in [-0.1, -0.05) is 53.5 Å². The van der Waals surface area contributed by atoms with Crippen LogP contribution >= 0.6 is 27.5 Å². The van der Waals surface area contributed by atoms with Crippen LogP contribution in [0.15, 0.2) is 52.5 Å². The number of carbonyl (C=O) groups excluding carboxylic acids is 2. The molecule has 0 radical (unpaired) electrons. The Balaban J connectivity index is 2.10. The molecule has 1 unspecified atom stereocenters. The lowest BCUT2D eigenvalue weighted by Gasteiger charge is -2.28. The number of rotatable bonds is 9. The number of likely N-dealkylation sites (N-methyl/N-ethyl adjacent to an activating group) is 1. The van der Waals surface area contributed by atoms with Crippen LogP contribution in [0.1, 0.15) is 37.9 Å². The third-order valence-corrected chi connectivity index (χ3v) is 6.55. The number of ketones is 1. The molecule has 1 heterocycles. The smallest absolute Gasteiger partial charge is 0.295 e. The Hall–Kier alpha value is -2.35. The van der Waals surface area contributed by atoms with Crippen LogP contribution in [0.3, 0.4) is 0 Å². The Bertz CT molecular complexity index is 1070. The van der Waals surface area contributed by atoms with E-state index in [4.69, 9.17) is 16.3 Å². The fourth-order valence-corrected chi connectivity index (χ4v) is 4.65. The summed E-state index contributed by atoms with van der Waals surface area (Å²) in [6.07, 6.45) is 0. The number of carbonyl (C=O) groups is 2. The number of hydrogen-bond acceptors (Lipinski definition) is 5. The summed E-state index contributed by atoms with van der Waals surface area (Å²) in [6, 6.07) is 11.5. The van der Waals surface area contributed by atoms with Crippen LogP contribution in [0.4, 0.5) is 0 Å². The van der Waals surface area contributed by atoms with Gasteiger partial charge in [-0.15, -0.1) is 0 Å². The summed E-state index contributed by atoms with van der Waals surface area (Å²) >= 11 is 9.78. The van der Waals surface area contributed by atoms with Crippen molar-refractivity contribution in [1.29, 1.82) is 0 Å². The predicted octanol–water partition coefficient (Wildman–Crippen LogP) is 5.26. The molecule has 1 atom stereocenters. The average Bonchev–Trinajstić information content (AvgIpc) is 3.05. The summed E-state index contributed by atoms with van der Waals surface area (Å²) in [5.74, 6) is -1.10. The number of nitrogens with zero attached hydrogens (tertiary/aromatic N) is 2. The molecular formula is C25H28BrClN2O4. The summed E-state index contributed by atoms with van der Waals surface area (Å²) in [4.78, 5) is 29.9. The number of aliphatic hydroxyl groups is 1. The first-order chi connectivity index (χ1) is 15.8. The molecule has 2 aromatic carbocycles. The van der Waals surface area contributed by atoms with Crippen LogP contribution in [0.5, 0.6) is 5.75 Å². The lowest BCUT2D eigenvalue weighted by molar-refractivity contribution is -0.140. The van der Waals surface area contributed by atoms with E-state index in [1.807, 2.05) is 31.2 Å². The normalized spacial score (nSPS) is 17.8. The number of ether oxygens (including phenoxy) is 1. The molecule has 1 N–H and O–H groups in total. The number of hydrogen-bond donors (Lipinski definition) is 1. The highest BCUT2D eigenvalue weighted by atomic mass is 79.9. The Morgan fingerprint density at radius 3 is 2.48 bits per heavy atom. The number of likely N-dealkylation sites (tertiary alicyclic amines) is 1. The average molecular weight is 536 g/mol. The molecule has 1 aliphatic heterocycles. The Kier molecular flexibility index (Phi) is 8.57. The van der Waals surface area contributed by atoms with Gasteiger partial charge in [-0.3, -0.25) is 9.59 Å². The number of benzene rings is 2. The van der Waals surface area contributed by atoms with Crippen LogP contribution in [0.2, 0.25) is 5.02 Å². The van der Waals surface area contributed by atoms with E-state index in [1.54, 1.807) is 23.1 Å². The molecule has 2 aromatic rings. The maximum absolute atomic E-state index is 13.1. The van der Waals surface area contributed by atoms with Gasteiger partial charge in [0.1, 0.15) is 11.5 Å². The molecule has 176 valence electrons. The first-order valence-corrected chi connectivity index (χ1v) is 12.2. The minimum absolute atomic E-state index is 0.0536. The van der Waals surface area contributed by atoms with Crippen molar-refractivity contribution < 1.29 is 19.4 Å². The van der Waals surface area contributed by atoms with Gasteiger partial charge in [-0.25, -0.2) is 0 Å². The third-order valence-electron chi connectivity index (χ3n) is 5.76. The first kappa shape index (κ1) is 25.3. The molecule has 0 aromatic heterocycles. The van der Waals surface area contributed by atoms with Crippen molar-refractivity contribution >= 4 is 45.0 Å². The van der Waals surface area contributed by atoms with Crippen molar-refractivity contribution in [3.8, 4) is 5.75 Å². The molecule has 8 heteroatoms. The molecule has 6 nitrogen and oxygen atoms in total. The topological polar surface area (TPSA) is 70.1 Å². The highest BCUT2D eigenvalue weighted by Crippen LogP contribution is 2.40. The van der Waals surface area contributed by atoms with E-state index in [1.165, 1.54) is 0 Å². The van der Waals surface area contributed by atoms with E-state index in [-0.39, 0.29) is 11.3 Å². The van der Waals surface area contributed by atoms with Gasteiger partial charge in [0.25, 0.3) is 11.7 Å². The molecule has 1 saturated heterocycles. The first-order valence-electron chi connectivity index (χ1n) is 11.0. The van der Waals surface area contributed by atoms with Crippen LogP contribution < -0.4 is 4.74 Å². The maximum atomic E-state index is 13.1. The Morgan fingerprint density at radius 2 is 1.88 bits per heavy atom. The fourth-order valence-electron chi connectivity index (χ4n) is 4.00. The van der Waals surface area contributed by atoms with Crippen LogP contribution in [-0.2, 0) is 9.59 Å². The number of Topliss-reactive ketones (excluding diaryl/α,β-unsaturated/α-hetero) is 1. The second-order valence-corrected chi connectivity index (χ2v) is 8.98. The molecular weight excluding hydrogens is 508 g/mol. The van der Waals surface area contributed by atoms with Crippen molar-refractivity contribution in [3.63, 3.8) is 0 Å². The van der Waals surface area contributed by atoms with Gasteiger partial charge in [-0.2, -0.15) is 0 Å². The Morgan fingerprint density at radius 1 is 1.15 bits per heavy atom. The quantitative estimate of drug-likeness (QED) is 0.269. The van der Waals surface area contributed by atoms with Crippen molar-refractivity contribution in [1.82, 2.24) is 9.80 Å². The van der Waals surface area contributed by atoms with Gasteiger partial charge in [0.05, 0.1) is 23.2 Å². The fraction of sp³-hybridized carbons (Fsp3) is 0.360. The monoisotopic (exact) mass is 534 g/mol. The van der Waals surface area contributed by atoms with E-state index in [0.29, 0.717) is 36.0 Å². The molecule has 33 heavy (non-hydrogen) atoms. The Labute approximate surface area is 207 Å². The predicted molar refractivity (Wildman–Crippen MR) is 134 cm³/mol. The third kappa shape index (κ3) is 5.42.